The highest BCUT2D eigenvalue weighted by Crippen LogP contribution is 2.15. The highest BCUT2D eigenvalue weighted by atomic mass is 19.1. The summed E-state index contributed by atoms with van der Waals surface area (Å²) in [6, 6.07) is 3.40. The van der Waals surface area contributed by atoms with Crippen LogP contribution in [0.3, 0.4) is 0 Å². The first kappa shape index (κ1) is 12.9. The van der Waals surface area contributed by atoms with Crippen molar-refractivity contribution in [3.63, 3.8) is 0 Å². The zero-order valence-corrected chi connectivity index (χ0v) is 10.2. The minimum Gasteiger partial charge on any atom is -0.365 e. The second kappa shape index (κ2) is 7.20. The first-order valence-corrected chi connectivity index (χ1v) is 6.15. The molecule has 0 saturated carbocycles. The first-order valence-electron chi connectivity index (χ1n) is 6.15. The summed E-state index contributed by atoms with van der Waals surface area (Å²) in [6.45, 7) is 4.32. The molecule has 0 amide bonds. The van der Waals surface area contributed by atoms with E-state index in [4.69, 9.17) is 0 Å². The Hall–Kier alpha value is -1.12. The van der Waals surface area contributed by atoms with Gasteiger partial charge in [-0.1, -0.05) is 33.1 Å². The van der Waals surface area contributed by atoms with Crippen LogP contribution in [0.1, 0.15) is 46.0 Å². The molecular weight excluding hydrogens is 203 g/mol. The molecule has 0 aromatic carbocycles. The van der Waals surface area contributed by atoms with E-state index in [1.54, 1.807) is 12.3 Å². The van der Waals surface area contributed by atoms with Gasteiger partial charge >= 0.3 is 0 Å². The Bertz CT molecular complexity index is 302. The Morgan fingerprint density at radius 1 is 1.31 bits per heavy atom. The van der Waals surface area contributed by atoms with Crippen molar-refractivity contribution >= 4 is 5.82 Å². The van der Waals surface area contributed by atoms with Gasteiger partial charge in [0.15, 0.2) is 11.6 Å². The van der Waals surface area contributed by atoms with Crippen molar-refractivity contribution in [2.45, 2.75) is 52.0 Å². The summed E-state index contributed by atoms with van der Waals surface area (Å²) in [5.74, 6) is 0.122. The summed E-state index contributed by atoms with van der Waals surface area (Å²) in [6.07, 6.45) is 7.22. The van der Waals surface area contributed by atoms with Gasteiger partial charge in [-0.15, -0.1) is 0 Å². The number of nitrogens with zero attached hydrogens (tertiary/aromatic N) is 1. The second-order valence-corrected chi connectivity index (χ2v) is 4.11. The van der Waals surface area contributed by atoms with E-state index in [1.165, 1.54) is 18.9 Å². The Labute approximate surface area is 97.3 Å². The smallest absolute Gasteiger partial charge is 0.165 e. The van der Waals surface area contributed by atoms with Crippen LogP contribution in [0, 0.1) is 5.82 Å². The molecule has 1 unspecified atom stereocenters. The molecule has 16 heavy (non-hydrogen) atoms. The molecule has 0 fully saturated rings. The number of unbranched alkanes of at least 4 members (excludes halogenated alkanes) is 1. The summed E-state index contributed by atoms with van der Waals surface area (Å²) >= 11 is 0. The fraction of sp³-hybridized carbons (Fsp3) is 0.615. The summed E-state index contributed by atoms with van der Waals surface area (Å²) in [7, 11) is 0. The number of hydrogen-bond acceptors (Lipinski definition) is 2. The Kier molecular flexibility index (Phi) is 5.83. The molecule has 90 valence electrons. The van der Waals surface area contributed by atoms with E-state index in [9.17, 15) is 4.39 Å². The number of aromatic nitrogens is 1. The standard InChI is InChI=1S/C13H21FN2/c1-3-5-8-11(7-4-2)16-13-12(14)9-6-10-15-13/h6,9-11H,3-5,7-8H2,1-2H3,(H,15,16). The number of hydrogen-bond donors (Lipinski definition) is 1. The predicted octanol–water partition coefficient (Wildman–Crippen LogP) is 3.99. The van der Waals surface area contributed by atoms with Gasteiger partial charge < -0.3 is 5.32 Å². The third kappa shape index (κ3) is 4.17. The normalized spacial score (nSPS) is 12.4. The lowest BCUT2D eigenvalue weighted by molar-refractivity contribution is 0.553. The molecule has 0 spiro atoms. The van der Waals surface area contributed by atoms with Crippen molar-refractivity contribution in [3.8, 4) is 0 Å². The third-order valence-corrected chi connectivity index (χ3v) is 2.64. The van der Waals surface area contributed by atoms with Crippen LogP contribution in [0.15, 0.2) is 18.3 Å². The van der Waals surface area contributed by atoms with E-state index in [-0.39, 0.29) is 5.82 Å². The molecule has 0 bridgehead atoms. The van der Waals surface area contributed by atoms with Crippen molar-refractivity contribution in [3.05, 3.63) is 24.1 Å². The number of nitrogens with one attached hydrogen (secondary N) is 1. The van der Waals surface area contributed by atoms with Gasteiger partial charge in [0, 0.05) is 12.2 Å². The summed E-state index contributed by atoms with van der Waals surface area (Å²) < 4.78 is 13.4. The maximum atomic E-state index is 13.4. The van der Waals surface area contributed by atoms with Crippen LogP contribution in [0.25, 0.3) is 0 Å². The predicted molar refractivity (Wildman–Crippen MR) is 66.0 cm³/mol. The number of pyridine rings is 1. The van der Waals surface area contributed by atoms with E-state index in [0.29, 0.717) is 11.9 Å². The molecule has 1 aromatic heterocycles. The largest absolute Gasteiger partial charge is 0.365 e. The van der Waals surface area contributed by atoms with Crippen molar-refractivity contribution in [2.24, 2.45) is 0 Å². The van der Waals surface area contributed by atoms with Gasteiger partial charge in [-0.25, -0.2) is 9.37 Å². The summed E-state index contributed by atoms with van der Waals surface area (Å²) in [4.78, 5) is 4.02. The lowest BCUT2D eigenvalue weighted by Gasteiger charge is -2.18. The molecule has 0 aliphatic carbocycles. The number of rotatable bonds is 7. The van der Waals surface area contributed by atoms with Gasteiger partial charge in [0.05, 0.1) is 0 Å². The van der Waals surface area contributed by atoms with E-state index < -0.39 is 0 Å². The minimum atomic E-state index is -0.264. The Balaban J connectivity index is 2.56. The summed E-state index contributed by atoms with van der Waals surface area (Å²) in [5.41, 5.74) is 0. The fourth-order valence-electron chi connectivity index (χ4n) is 1.77. The molecule has 1 N–H and O–H groups in total. The van der Waals surface area contributed by atoms with Gasteiger partial charge in [0.1, 0.15) is 0 Å². The molecule has 1 atom stereocenters. The maximum absolute atomic E-state index is 13.4. The lowest BCUT2D eigenvalue weighted by Crippen LogP contribution is -2.20. The zero-order valence-electron chi connectivity index (χ0n) is 10.2. The molecule has 1 aromatic rings. The van der Waals surface area contributed by atoms with Crippen LogP contribution < -0.4 is 5.32 Å². The molecule has 1 rings (SSSR count). The van der Waals surface area contributed by atoms with Crippen LogP contribution >= 0.6 is 0 Å². The zero-order chi connectivity index (χ0) is 11.8. The van der Waals surface area contributed by atoms with Crippen LogP contribution in [-0.4, -0.2) is 11.0 Å². The number of halogens is 1. The molecule has 0 saturated heterocycles. The average molecular weight is 224 g/mol. The van der Waals surface area contributed by atoms with E-state index >= 15 is 0 Å². The molecule has 2 nitrogen and oxygen atoms in total. The minimum absolute atomic E-state index is 0.264. The van der Waals surface area contributed by atoms with E-state index in [0.717, 1.165) is 19.3 Å². The van der Waals surface area contributed by atoms with Gasteiger partial charge in [0.2, 0.25) is 0 Å². The molecule has 0 aliphatic rings. The second-order valence-electron chi connectivity index (χ2n) is 4.11. The topological polar surface area (TPSA) is 24.9 Å². The highest BCUT2D eigenvalue weighted by Gasteiger charge is 2.10. The van der Waals surface area contributed by atoms with Gasteiger partial charge in [-0.2, -0.15) is 0 Å². The van der Waals surface area contributed by atoms with Crippen LogP contribution in [0.4, 0.5) is 10.2 Å². The van der Waals surface area contributed by atoms with Crippen LogP contribution in [0.2, 0.25) is 0 Å². The highest BCUT2D eigenvalue weighted by molar-refractivity contribution is 5.36. The van der Waals surface area contributed by atoms with Crippen molar-refractivity contribution < 1.29 is 4.39 Å². The molecule has 0 radical (unpaired) electrons. The van der Waals surface area contributed by atoms with Gasteiger partial charge in [0.25, 0.3) is 0 Å². The Morgan fingerprint density at radius 3 is 2.75 bits per heavy atom. The van der Waals surface area contributed by atoms with E-state index in [2.05, 4.69) is 24.1 Å². The fourth-order valence-corrected chi connectivity index (χ4v) is 1.77. The molecule has 0 aliphatic heterocycles. The van der Waals surface area contributed by atoms with Crippen LogP contribution in [0.5, 0.6) is 0 Å². The van der Waals surface area contributed by atoms with E-state index in [1.807, 2.05) is 0 Å². The molecule has 1 heterocycles. The monoisotopic (exact) mass is 224 g/mol. The molecular formula is C13H21FN2. The first-order chi connectivity index (χ1) is 7.77. The lowest BCUT2D eigenvalue weighted by atomic mass is 10.1. The third-order valence-electron chi connectivity index (χ3n) is 2.64. The molecule has 3 heteroatoms. The van der Waals surface area contributed by atoms with Crippen molar-refractivity contribution in [1.29, 1.82) is 0 Å². The SMILES string of the molecule is CCCCC(CCC)Nc1ncccc1F. The van der Waals surface area contributed by atoms with Gasteiger partial charge in [-0.3, -0.25) is 0 Å². The average Bonchev–Trinajstić information content (AvgIpc) is 2.29. The van der Waals surface area contributed by atoms with Crippen molar-refractivity contribution in [2.75, 3.05) is 5.32 Å². The quantitative estimate of drug-likeness (QED) is 0.757. The number of anilines is 1. The van der Waals surface area contributed by atoms with Crippen molar-refractivity contribution in [1.82, 2.24) is 4.98 Å². The van der Waals surface area contributed by atoms with Crippen LogP contribution in [-0.2, 0) is 0 Å². The maximum Gasteiger partial charge on any atom is 0.165 e. The Morgan fingerprint density at radius 2 is 2.12 bits per heavy atom. The van der Waals surface area contributed by atoms with Gasteiger partial charge in [-0.05, 0) is 25.0 Å². The summed E-state index contributed by atoms with van der Waals surface area (Å²) in [5, 5.41) is 3.20.